The van der Waals surface area contributed by atoms with Gasteiger partial charge >= 0.3 is 0 Å². The average Bonchev–Trinajstić information content (AvgIpc) is 3.25. The summed E-state index contributed by atoms with van der Waals surface area (Å²) in [5.41, 5.74) is 2.37. The summed E-state index contributed by atoms with van der Waals surface area (Å²) >= 11 is 0. The first kappa shape index (κ1) is 14.8. The summed E-state index contributed by atoms with van der Waals surface area (Å²) in [7, 11) is 0. The van der Waals surface area contributed by atoms with E-state index in [4.69, 9.17) is 9.26 Å². The summed E-state index contributed by atoms with van der Waals surface area (Å²) in [6, 6.07) is 4.49. The van der Waals surface area contributed by atoms with Crippen molar-refractivity contribution < 1.29 is 9.26 Å². The van der Waals surface area contributed by atoms with Gasteiger partial charge in [0.05, 0.1) is 11.8 Å². The van der Waals surface area contributed by atoms with Gasteiger partial charge in [0.1, 0.15) is 6.61 Å². The average molecular weight is 314 g/mol. The van der Waals surface area contributed by atoms with Gasteiger partial charge in [0, 0.05) is 31.2 Å². The molecule has 122 valence electrons. The van der Waals surface area contributed by atoms with E-state index in [1.54, 1.807) is 0 Å². The van der Waals surface area contributed by atoms with Crippen molar-refractivity contribution in [3.8, 4) is 0 Å². The highest BCUT2D eigenvalue weighted by Gasteiger charge is 2.33. The fourth-order valence-corrected chi connectivity index (χ4v) is 2.89. The number of likely N-dealkylation sites (tertiary alicyclic amines) is 1. The number of hydrogen-bond acceptors (Lipinski definition) is 6. The summed E-state index contributed by atoms with van der Waals surface area (Å²) in [6.45, 7) is 6.54. The van der Waals surface area contributed by atoms with E-state index in [0.29, 0.717) is 24.5 Å². The molecule has 23 heavy (non-hydrogen) atoms. The SMILES string of the molecule is Cc1ccnc(C(C)N2CC(OCc3nc(C4CC4)no3)C2)c1. The first-order valence-electron chi connectivity index (χ1n) is 8.29. The van der Waals surface area contributed by atoms with E-state index in [1.165, 1.54) is 18.4 Å². The molecule has 1 saturated heterocycles. The first-order chi connectivity index (χ1) is 11.2. The topological polar surface area (TPSA) is 64.3 Å². The predicted molar refractivity (Wildman–Crippen MR) is 83.8 cm³/mol. The molecule has 0 radical (unpaired) electrons. The van der Waals surface area contributed by atoms with Gasteiger partial charge in [0.15, 0.2) is 5.82 Å². The molecular weight excluding hydrogens is 292 g/mol. The lowest BCUT2D eigenvalue weighted by Crippen LogP contribution is -2.52. The number of rotatable bonds is 6. The molecule has 2 aliphatic rings. The third-order valence-electron chi connectivity index (χ3n) is 4.66. The van der Waals surface area contributed by atoms with E-state index in [1.807, 2.05) is 12.3 Å². The van der Waals surface area contributed by atoms with E-state index in [2.05, 4.69) is 39.9 Å². The van der Waals surface area contributed by atoms with Crippen LogP contribution >= 0.6 is 0 Å². The maximum absolute atomic E-state index is 5.86. The minimum atomic E-state index is 0.235. The maximum atomic E-state index is 5.86. The second kappa shape index (κ2) is 6.02. The van der Waals surface area contributed by atoms with Crippen molar-refractivity contribution in [1.29, 1.82) is 0 Å². The molecule has 1 unspecified atom stereocenters. The minimum Gasteiger partial charge on any atom is -0.366 e. The molecular formula is C17H22N4O2. The van der Waals surface area contributed by atoms with Crippen LogP contribution in [-0.2, 0) is 11.3 Å². The highest BCUT2D eigenvalue weighted by molar-refractivity contribution is 5.17. The third kappa shape index (κ3) is 3.28. The van der Waals surface area contributed by atoms with Gasteiger partial charge in [-0.15, -0.1) is 0 Å². The molecule has 0 amide bonds. The maximum Gasteiger partial charge on any atom is 0.252 e. The van der Waals surface area contributed by atoms with E-state index >= 15 is 0 Å². The Morgan fingerprint density at radius 1 is 1.39 bits per heavy atom. The van der Waals surface area contributed by atoms with Crippen LogP contribution in [0.1, 0.15) is 54.7 Å². The van der Waals surface area contributed by atoms with Crippen LogP contribution < -0.4 is 0 Å². The van der Waals surface area contributed by atoms with Gasteiger partial charge in [-0.25, -0.2) is 0 Å². The Kier molecular flexibility index (Phi) is 3.87. The van der Waals surface area contributed by atoms with Crippen molar-refractivity contribution in [2.24, 2.45) is 0 Å². The third-order valence-corrected chi connectivity index (χ3v) is 4.66. The Balaban J connectivity index is 1.24. The number of aromatic nitrogens is 3. The quantitative estimate of drug-likeness (QED) is 0.816. The van der Waals surface area contributed by atoms with Crippen molar-refractivity contribution in [1.82, 2.24) is 20.0 Å². The van der Waals surface area contributed by atoms with Crippen LogP contribution in [-0.4, -0.2) is 39.2 Å². The normalized spacial score (nSPS) is 20.4. The lowest BCUT2D eigenvalue weighted by atomic mass is 10.0. The molecule has 1 aliphatic heterocycles. The number of ether oxygens (including phenoxy) is 1. The highest BCUT2D eigenvalue weighted by Crippen LogP contribution is 2.38. The summed E-state index contributed by atoms with van der Waals surface area (Å²) in [5, 5.41) is 4.01. The zero-order chi connectivity index (χ0) is 15.8. The number of pyridine rings is 1. The van der Waals surface area contributed by atoms with Crippen LogP contribution in [0.2, 0.25) is 0 Å². The van der Waals surface area contributed by atoms with Gasteiger partial charge in [-0.1, -0.05) is 5.16 Å². The lowest BCUT2D eigenvalue weighted by molar-refractivity contribution is -0.0833. The van der Waals surface area contributed by atoms with Gasteiger partial charge in [0.25, 0.3) is 5.89 Å². The Morgan fingerprint density at radius 3 is 2.96 bits per heavy atom. The minimum absolute atomic E-state index is 0.235. The van der Waals surface area contributed by atoms with E-state index < -0.39 is 0 Å². The molecule has 1 saturated carbocycles. The Bertz CT molecular complexity index is 677. The zero-order valence-corrected chi connectivity index (χ0v) is 13.6. The Morgan fingerprint density at radius 2 is 2.22 bits per heavy atom. The van der Waals surface area contributed by atoms with Crippen molar-refractivity contribution in [3.63, 3.8) is 0 Å². The Labute approximate surface area is 135 Å². The second-order valence-electron chi connectivity index (χ2n) is 6.64. The smallest absolute Gasteiger partial charge is 0.252 e. The molecule has 4 rings (SSSR count). The summed E-state index contributed by atoms with van der Waals surface area (Å²) in [4.78, 5) is 11.2. The van der Waals surface area contributed by atoms with E-state index in [-0.39, 0.29) is 6.10 Å². The lowest BCUT2D eigenvalue weighted by Gasteiger charge is -2.42. The summed E-state index contributed by atoms with van der Waals surface area (Å²) < 4.78 is 11.1. The van der Waals surface area contributed by atoms with Crippen LogP contribution in [0, 0.1) is 6.92 Å². The molecule has 3 heterocycles. The molecule has 0 spiro atoms. The Hall–Kier alpha value is -1.79. The van der Waals surface area contributed by atoms with Crippen molar-refractivity contribution in [2.75, 3.05) is 13.1 Å². The van der Waals surface area contributed by atoms with E-state index in [0.717, 1.165) is 24.6 Å². The van der Waals surface area contributed by atoms with E-state index in [9.17, 15) is 0 Å². The van der Waals surface area contributed by atoms with Crippen LogP contribution in [0.15, 0.2) is 22.9 Å². The molecule has 0 N–H and O–H groups in total. The van der Waals surface area contributed by atoms with Gasteiger partial charge in [0.2, 0.25) is 0 Å². The van der Waals surface area contributed by atoms with Crippen LogP contribution in [0.25, 0.3) is 0 Å². The van der Waals surface area contributed by atoms with Gasteiger partial charge in [-0.05, 0) is 44.4 Å². The van der Waals surface area contributed by atoms with Crippen LogP contribution in [0.3, 0.4) is 0 Å². The molecule has 2 aromatic heterocycles. The molecule has 6 nitrogen and oxygen atoms in total. The van der Waals surface area contributed by atoms with Crippen LogP contribution in [0.4, 0.5) is 0 Å². The van der Waals surface area contributed by atoms with Crippen molar-refractivity contribution in [3.05, 3.63) is 41.3 Å². The zero-order valence-electron chi connectivity index (χ0n) is 13.6. The molecule has 0 aromatic carbocycles. The molecule has 2 fully saturated rings. The van der Waals surface area contributed by atoms with Gasteiger partial charge in [-0.3, -0.25) is 9.88 Å². The molecule has 1 atom stereocenters. The second-order valence-corrected chi connectivity index (χ2v) is 6.64. The molecule has 1 aliphatic carbocycles. The monoisotopic (exact) mass is 314 g/mol. The van der Waals surface area contributed by atoms with Crippen molar-refractivity contribution >= 4 is 0 Å². The highest BCUT2D eigenvalue weighted by atomic mass is 16.5. The van der Waals surface area contributed by atoms with Crippen molar-refractivity contribution in [2.45, 2.75) is 51.4 Å². The molecule has 2 aromatic rings. The molecule has 6 heteroatoms. The fraction of sp³-hybridized carbons (Fsp3) is 0.588. The standard InChI is InChI=1S/C17H22N4O2/c1-11-5-6-18-15(7-11)12(2)21-8-14(9-21)22-10-16-19-17(20-23-16)13-3-4-13/h5-7,12-14H,3-4,8-10H2,1-2H3. The number of nitrogens with zero attached hydrogens (tertiary/aromatic N) is 4. The van der Waals surface area contributed by atoms with Crippen LogP contribution in [0.5, 0.6) is 0 Å². The van der Waals surface area contributed by atoms with Gasteiger partial charge in [-0.2, -0.15) is 4.98 Å². The summed E-state index contributed by atoms with van der Waals surface area (Å²) in [6.07, 6.45) is 4.48. The summed E-state index contributed by atoms with van der Waals surface area (Å²) in [5.74, 6) is 1.96. The number of hydrogen-bond donors (Lipinski definition) is 0. The fourth-order valence-electron chi connectivity index (χ4n) is 2.89. The molecule has 0 bridgehead atoms. The number of aryl methyl sites for hydroxylation is 1. The first-order valence-corrected chi connectivity index (χ1v) is 8.29. The van der Waals surface area contributed by atoms with Gasteiger partial charge < -0.3 is 9.26 Å². The predicted octanol–water partition coefficient (Wildman–Crippen LogP) is 2.61. The largest absolute Gasteiger partial charge is 0.366 e.